The number of pyridine rings is 1. The predicted molar refractivity (Wildman–Crippen MR) is 150 cm³/mol. The van der Waals surface area contributed by atoms with E-state index in [-0.39, 0.29) is 0 Å². The number of rotatable bonds is 9. The Hall–Kier alpha value is -3.78. The summed E-state index contributed by atoms with van der Waals surface area (Å²) in [7, 11) is 1.55. The average molecular weight is 512 g/mol. The Labute approximate surface area is 222 Å². The van der Waals surface area contributed by atoms with Gasteiger partial charge in [-0.15, -0.1) is 0 Å². The number of carboxylic acid groups (broad SMARTS) is 1. The first-order valence-electron chi connectivity index (χ1n) is 13.0. The van der Waals surface area contributed by atoms with Gasteiger partial charge in [0, 0.05) is 42.2 Å². The molecule has 1 aliphatic rings. The molecule has 0 aliphatic carbocycles. The number of benzene rings is 3. The molecule has 1 unspecified atom stereocenters. The Kier molecular flexibility index (Phi) is 7.98. The van der Waals surface area contributed by atoms with Crippen LogP contribution in [0.15, 0.2) is 72.8 Å². The maximum Gasteiger partial charge on any atom is 0.328 e. The van der Waals surface area contributed by atoms with E-state index in [1.807, 2.05) is 18.2 Å². The van der Waals surface area contributed by atoms with Crippen molar-refractivity contribution in [3.05, 3.63) is 89.5 Å². The number of fused-ring (bicyclic) bond motifs is 2. The minimum absolute atomic E-state index is 0.446. The molecule has 38 heavy (non-hydrogen) atoms. The van der Waals surface area contributed by atoms with Crippen molar-refractivity contribution in [1.82, 2.24) is 15.2 Å². The van der Waals surface area contributed by atoms with Crippen molar-refractivity contribution in [1.29, 1.82) is 0 Å². The molecule has 5 rings (SSSR count). The number of ether oxygens (including phenoxy) is 1. The maximum absolute atomic E-state index is 11.2. The number of hydrogen-bond donors (Lipinski definition) is 3. The van der Waals surface area contributed by atoms with Gasteiger partial charge >= 0.3 is 5.97 Å². The van der Waals surface area contributed by atoms with Crippen LogP contribution in [0.4, 0.5) is 0 Å². The monoisotopic (exact) mass is 511 g/mol. The Morgan fingerprint density at radius 3 is 2.66 bits per heavy atom. The fourth-order valence-electron chi connectivity index (χ4n) is 5.21. The number of methoxy groups -OCH3 is 1. The molecule has 0 bridgehead atoms. The molecule has 0 saturated carbocycles. The van der Waals surface area contributed by atoms with E-state index < -0.39 is 12.1 Å². The van der Waals surface area contributed by atoms with Gasteiger partial charge in [-0.05, 0) is 66.0 Å². The van der Waals surface area contributed by atoms with Gasteiger partial charge in [-0.1, -0.05) is 48.5 Å². The summed E-state index contributed by atoms with van der Waals surface area (Å²) in [4.78, 5) is 17.9. The number of nitrogens with zero attached hydrogens (tertiary/aromatic N) is 2. The second-order valence-corrected chi connectivity index (χ2v) is 9.82. The number of nitrogens with one attached hydrogen (secondary N) is 1. The van der Waals surface area contributed by atoms with Crippen LogP contribution in [-0.4, -0.2) is 58.9 Å². The Bertz CT molecular complexity index is 1460. The van der Waals surface area contributed by atoms with Crippen molar-refractivity contribution < 1.29 is 19.7 Å². The molecule has 1 saturated heterocycles. The van der Waals surface area contributed by atoms with Gasteiger partial charge in [0.15, 0.2) is 0 Å². The SMILES string of the molecule is COc1ccc2c(/C=C/C(=O)O)ccc(C(O)CN3CCC(NCc4ccc5ccccc5c4)CC3)c2n1. The number of piperidine rings is 1. The minimum Gasteiger partial charge on any atom is -0.481 e. The number of carboxylic acids is 1. The zero-order valence-corrected chi connectivity index (χ0v) is 21.5. The van der Waals surface area contributed by atoms with Crippen molar-refractivity contribution in [2.24, 2.45) is 0 Å². The minimum atomic E-state index is -1.01. The summed E-state index contributed by atoms with van der Waals surface area (Å²) in [6, 6.07) is 22.8. The molecule has 1 fully saturated rings. The Morgan fingerprint density at radius 1 is 1.11 bits per heavy atom. The first-order valence-corrected chi connectivity index (χ1v) is 13.0. The van der Waals surface area contributed by atoms with Crippen molar-refractivity contribution in [2.75, 3.05) is 26.7 Å². The van der Waals surface area contributed by atoms with Crippen LogP contribution < -0.4 is 10.1 Å². The van der Waals surface area contributed by atoms with Gasteiger partial charge in [0.2, 0.25) is 5.88 Å². The quantitative estimate of drug-likeness (QED) is 0.278. The molecule has 7 heteroatoms. The normalized spacial score (nSPS) is 15.8. The summed E-state index contributed by atoms with van der Waals surface area (Å²) < 4.78 is 5.31. The molecule has 7 nitrogen and oxygen atoms in total. The summed E-state index contributed by atoms with van der Waals surface area (Å²) in [5, 5.41) is 27.2. The van der Waals surface area contributed by atoms with E-state index in [2.05, 4.69) is 57.7 Å². The van der Waals surface area contributed by atoms with Crippen LogP contribution in [0.5, 0.6) is 5.88 Å². The van der Waals surface area contributed by atoms with Crippen LogP contribution in [0.3, 0.4) is 0 Å². The highest BCUT2D eigenvalue weighted by molar-refractivity contribution is 5.94. The lowest BCUT2D eigenvalue weighted by Crippen LogP contribution is -2.43. The first kappa shape index (κ1) is 25.9. The second kappa shape index (κ2) is 11.7. The molecule has 1 atom stereocenters. The molecule has 1 aliphatic heterocycles. The molecule has 0 spiro atoms. The van der Waals surface area contributed by atoms with Gasteiger partial charge in [-0.25, -0.2) is 9.78 Å². The van der Waals surface area contributed by atoms with E-state index >= 15 is 0 Å². The van der Waals surface area contributed by atoms with E-state index in [9.17, 15) is 9.90 Å². The van der Waals surface area contributed by atoms with Gasteiger partial charge in [0.05, 0.1) is 18.7 Å². The van der Waals surface area contributed by atoms with Crippen molar-refractivity contribution in [2.45, 2.75) is 31.5 Å². The maximum atomic E-state index is 11.2. The van der Waals surface area contributed by atoms with Crippen LogP contribution in [-0.2, 0) is 11.3 Å². The van der Waals surface area contributed by atoms with Gasteiger partial charge in [0.1, 0.15) is 0 Å². The van der Waals surface area contributed by atoms with E-state index in [1.165, 1.54) is 16.3 Å². The molecule has 196 valence electrons. The number of aliphatic hydroxyl groups excluding tert-OH is 1. The number of hydrogen-bond acceptors (Lipinski definition) is 6. The highest BCUT2D eigenvalue weighted by atomic mass is 16.5. The first-order chi connectivity index (χ1) is 18.5. The molecular formula is C31H33N3O4. The molecular weight excluding hydrogens is 478 g/mol. The fraction of sp³-hybridized carbons (Fsp3) is 0.290. The van der Waals surface area contributed by atoms with Crippen LogP contribution in [0.2, 0.25) is 0 Å². The number of likely N-dealkylation sites (tertiary alicyclic amines) is 1. The lowest BCUT2D eigenvalue weighted by Gasteiger charge is -2.33. The van der Waals surface area contributed by atoms with Crippen LogP contribution in [0.25, 0.3) is 27.8 Å². The highest BCUT2D eigenvalue weighted by Gasteiger charge is 2.23. The lowest BCUT2D eigenvalue weighted by atomic mass is 9.98. The average Bonchev–Trinajstić information content (AvgIpc) is 2.94. The topological polar surface area (TPSA) is 94.9 Å². The standard InChI is InChI=1S/C31H33N3O4/c1-38-29-12-11-26-23(9-13-30(36)37)8-10-27(31(26)33-29)28(35)20-34-16-14-25(15-17-34)32-19-21-6-7-22-4-2-3-5-24(22)18-21/h2-13,18,25,28,32,35H,14-17,19-20H2,1H3,(H,36,37)/b13-9+. The van der Waals surface area contributed by atoms with E-state index in [4.69, 9.17) is 9.84 Å². The molecule has 4 aromatic rings. The Morgan fingerprint density at radius 2 is 1.89 bits per heavy atom. The van der Waals surface area contributed by atoms with Gasteiger partial charge in [-0.3, -0.25) is 0 Å². The predicted octanol–water partition coefficient (Wildman–Crippen LogP) is 4.78. The van der Waals surface area contributed by atoms with E-state index in [0.717, 1.165) is 49.5 Å². The van der Waals surface area contributed by atoms with E-state index in [0.29, 0.717) is 29.5 Å². The van der Waals surface area contributed by atoms with Gasteiger partial charge in [0.25, 0.3) is 0 Å². The summed E-state index contributed by atoms with van der Waals surface area (Å²) >= 11 is 0. The Balaban J connectivity index is 1.21. The lowest BCUT2D eigenvalue weighted by molar-refractivity contribution is -0.131. The summed E-state index contributed by atoms with van der Waals surface area (Å²) in [5.41, 5.74) is 3.35. The van der Waals surface area contributed by atoms with Crippen LogP contribution in [0.1, 0.15) is 35.6 Å². The summed E-state index contributed by atoms with van der Waals surface area (Å²) in [6.45, 7) is 3.16. The smallest absolute Gasteiger partial charge is 0.328 e. The zero-order valence-electron chi connectivity index (χ0n) is 21.5. The zero-order chi connectivity index (χ0) is 26.5. The van der Waals surface area contributed by atoms with Crippen molar-refractivity contribution in [3.63, 3.8) is 0 Å². The molecule has 0 radical (unpaired) electrons. The molecule has 3 aromatic carbocycles. The van der Waals surface area contributed by atoms with E-state index in [1.54, 1.807) is 19.3 Å². The van der Waals surface area contributed by atoms with Crippen LogP contribution in [0, 0.1) is 0 Å². The molecule has 3 N–H and O–H groups in total. The third-order valence-electron chi connectivity index (χ3n) is 7.30. The third-order valence-corrected chi connectivity index (χ3v) is 7.30. The fourth-order valence-corrected chi connectivity index (χ4v) is 5.21. The number of β-amino-alcohol motifs (C(OH)–C–C–N with tert-alkyl or cyclic N) is 1. The number of aliphatic carboxylic acids is 1. The molecule has 2 heterocycles. The third kappa shape index (κ3) is 6.02. The van der Waals surface area contributed by atoms with Crippen molar-refractivity contribution in [3.8, 4) is 5.88 Å². The molecule has 0 amide bonds. The van der Waals surface area contributed by atoms with Gasteiger partial charge in [-0.2, -0.15) is 0 Å². The number of carbonyl (C=O) groups is 1. The largest absolute Gasteiger partial charge is 0.481 e. The summed E-state index contributed by atoms with van der Waals surface area (Å²) in [5.74, 6) is -0.567. The van der Waals surface area contributed by atoms with Crippen molar-refractivity contribution >= 4 is 33.7 Å². The highest BCUT2D eigenvalue weighted by Crippen LogP contribution is 2.30. The molecule has 1 aromatic heterocycles. The number of aliphatic hydroxyl groups is 1. The van der Waals surface area contributed by atoms with Gasteiger partial charge < -0.3 is 25.2 Å². The summed E-state index contributed by atoms with van der Waals surface area (Å²) in [6.07, 6.45) is 3.97. The number of aromatic nitrogens is 1. The second-order valence-electron chi connectivity index (χ2n) is 9.82. The van der Waals surface area contributed by atoms with Crippen LogP contribution >= 0.6 is 0 Å².